The van der Waals surface area contributed by atoms with Gasteiger partial charge in [0.25, 0.3) is 0 Å². The van der Waals surface area contributed by atoms with Crippen molar-refractivity contribution >= 4 is 28.6 Å². The van der Waals surface area contributed by atoms with Crippen molar-refractivity contribution in [2.75, 3.05) is 23.7 Å². The summed E-state index contributed by atoms with van der Waals surface area (Å²) in [6.07, 6.45) is -8.48. The molecule has 0 radical (unpaired) electrons. The summed E-state index contributed by atoms with van der Waals surface area (Å²) in [5.74, 6) is 0.0628. The van der Waals surface area contributed by atoms with E-state index >= 15 is 0 Å². The Bertz CT molecular complexity index is 1010. The molecule has 30 heavy (non-hydrogen) atoms. The molecule has 0 spiro atoms. The van der Waals surface area contributed by atoms with Crippen molar-refractivity contribution in [2.45, 2.75) is 25.8 Å². The lowest BCUT2D eigenvalue weighted by Crippen LogP contribution is -2.16. The molecule has 3 rings (SSSR count). The van der Waals surface area contributed by atoms with E-state index in [0.29, 0.717) is 30.9 Å². The predicted molar refractivity (Wildman–Crippen MR) is 98.3 cm³/mol. The van der Waals surface area contributed by atoms with Crippen LogP contribution in [0.4, 0.5) is 43.8 Å². The zero-order chi connectivity index (χ0) is 22.1. The number of rotatable bonds is 6. The zero-order valence-corrected chi connectivity index (χ0v) is 15.6. The van der Waals surface area contributed by atoms with E-state index in [9.17, 15) is 26.3 Å². The maximum Gasteiger partial charge on any atom is 0.416 e. The quantitative estimate of drug-likeness (QED) is 0.509. The van der Waals surface area contributed by atoms with Crippen LogP contribution in [-0.2, 0) is 18.9 Å². The van der Waals surface area contributed by atoms with E-state index in [0.717, 1.165) is 0 Å². The molecule has 0 aliphatic carbocycles. The molecule has 2 aromatic heterocycles. The Balaban J connectivity index is 2.12. The fourth-order valence-corrected chi connectivity index (χ4v) is 2.69. The van der Waals surface area contributed by atoms with Gasteiger partial charge in [-0.3, -0.25) is 0 Å². The van der Waals surface area contributed by atoms with Gasteiger partial charge in [0.1, 0.15) is 0 Å². The molecule has 0 aliphatic heterocycles. The van der Waals surface area contributed by atoms with Crippen molar-refractivity contribution in [2.24, 2.45) is 5.73 Å². The number of hydrogen-bond acceptors (Lipinski definition) is 6. The average molecular weight is 433 g/mol. The van der Waals surface area contributed by atoms with Crippen LogP contribution >= 0.6 is 0 Å². The molecule has 162 valence electrons. The smallest absolute Gasteiger partial charge is 0.353 e. The van der Waals surface area contributed by atoms with Gasteiger partial charge in [0.15, 0.2) is 17.0 Å². The van der Waals surface area contributed by atoms with E-state index in [1.807, 2.05) is 6.92 Å². The molecular formula is C17H17F6N7. The van der Waals surface area contributed by atoms with E-state index in [2.05, 4.69) is 25.6 Å². The van der Waals surface area contributed by atoms with Gasteiger partial charge in [-0.05, 0) is 25.1 Å². The Labute approximate surface area is 166 Å². The molecule has 0 atom stereocenters. The van der Waals surface area contributed by atoms with Crippen LogP contribution in [-0.4, -0.2) is 32.6 Å². The number of halogens is 6. The van der Waals surface area contributed by atoms with Gasteiger partial charge in [0, 0.05) is 25.3 Å². The molecule has 0 aliphatic rings. The van der Waals surface area contributed by atoms with Crippen molar-refractivity contribution in [1.29, 1.82) is 0 Å². The molecular weight excluding hydrogens is 416 g/mol. The molecule has 1 aromatic carbocycles. The summed E-state index contributed by atoms with van der Waals surface area (Å²) in [6, 6.07) is 1.21. The number of aryl methyl sites for hydroxylation is 1. The fraction of sp³-hybridized carbons (Fsp3) is 0.353. The van der Waals surface area contributed by atoms with Crippen LogP contribution in [0.2, 0.25) is 0 Å². The summed E-state index contributed by atoms with van der Waals surface area (Å²) in [6.45, 7) is 2.89. The Hall–Kier alpha value is -3.09. The number of nitrogens with one attached hydrogen (secondary N) is 2. The highest BCUT2D eigenvalue weighted by molar-refractivity contribution is 5.86. The molecule has 4 N–H and O–H groups in total. The Morgan fingerprint density at radius 1 is 1.00 bits per heavy atom. The van der Waals surface area contributed by atoms with Crippen LogP contribution in [0.15, 0.2) is 24.5 Å². The average Bonchev–Trinajstić information content (AvgIpc) is 3.08. The van der Waals surface area contributed by atoms with E-state index in [-0.39, 0.29) is 29.9 Å². The van der Waals surface area contributed by atoms with E-state index in [1.54, 1.807) is 4.57 Å². The number of benzene rings is 1. The van der Waals surface area contributed by atoms with E-state index in [4.69, 9.17) is 5.73 Å². The highest BCUT2D eigenvalue weighted by Gasteiger charge is 2.37. The van der Waals surface area contributed by atoms with Crippen LogP contribution in [0.5, 0.6) is 0 Å². The van der Waals surface area contributed by atoms with Crippen molar-refractivity contribution in [3.8, 4) is 0 Å². The number of nitrogens with zero attached hydrogens (tertiary/aromatic N) is 4. The lowest BCUT2D eigenvalue weighted by molar-refractivity contribution is -0.143. The monoisotopic (exact) mass is 433 g/mol. The SMILES string of the molecule is CCn1cnc2c(Nc3cc(C(F)(F)F)cc(C(F)(F)F)c3)nc(NCCN)nc21. The summed E-state index contributed by atoms with van der Waals surface area (Å²) in [7, 11) is 0. The topological polar surface area (TPSA) is 93.7 Å². The van der Waals surface area contributed by atoms with Crippen molar-refractivity contribution in [1.82, 2.24) is 19.5 Å². The molecule has 13 heteroatoms. The lowest BCUT2D eigenvalue weighted by Gasteiger charge is -2.15. The van der Waals surface area contributed by atoms with Gasteiger partial charge in [-0.2, -0.15) is 36.3 Å². The van der Waals surface area contributed by atoms with Crippen LogP contribution in [0, 0.1) is 0 Å². The molecule has 0 fully saturated rings. The van der Waals surface area contributed by atoms with Crippen molar-refractivity contribution < 1.29 is 26.3 Å². The third kappa shape index (κ3) is 4.56. The van der Waals surface area contributed by atoms with Crippen LogP contribution in [0.3, 0.4) is 0 Å². The third-order valence-electron chi connectivity index (χ3n) is 4.08. The number of nitrogens with two attached hydrogens (primary N) is 1. The Morgan fingerprint density at radius 3 is 2.17 bits per heavy atom. The summed E-state index contributed by atoms with van der Waals surface area (Å²) in [4.78, 5) is 12.5. The second-order valence-corrected chi connectivity index (χ2v) is 6.23. The Morgan fingerprint density at radius 2 is 1.63 bits per heavy atom. The number of fused-ring (bicyclic) bond motifs is 1. The van der Waals surface area contributed by atoms with E-state index < -0.39 is 29.2 Å². The highest BCUT2D eigenvalue weighted by Crippen LogP contribution is 2.38. The first-order valence-corrected chi connectivity index (χ1v) is 8.76. The number of aromatic nitrogens is 4. The second-order valence-electron chi connectivity index (χ2n) is 6.23. The molecule has 2 heterocycles. The molecule has 3 aromatic rings. The minimum Gasteiger partial charge on any atom is -0.353 e. The van der Waals surface area contributed by atoms with Crippen molar-refractivity contribution in [3.63, 3.8) is 0 Å². The van der Waals surface area contributed by atoms with E-state index in [1.165, 1.54) is 6.33 Å². The highest BCUT2D eigenvalue weighted by atomic mass is 19.4. The molecule has 0 amide bonds. The summed E-state index contributed by atoms with van der Waals surface area (Å²) < 4.78 is 80.4. The van der Waals surface area contributed by atoms with Gasteiger partial charge in [0.05, 0.1) is 17.5 Å². The van der Waals surface area contributed by atoms with Gasteiger partial charge < -0.3 is 20.9 Å². The number of hydrogen-bond donors (Lipinski definition) is 3. The molecule has 0 saturated heterocycles. The minimum absolute atomic E-state index is 0.0424. The molecule has 0 unspecified atom stereocenters. The largest absolute Gasteiger partial charge is 0.416 e. The zero-order valence-electron chi connectivity index (χ0n) is 15.6. The van der Waals surface area contributed by atoms with Crippen LogP contribution < -0.4 is 16.4 Å². The number of alkyl halides is 6. The standard InChI is InChI=1S/C17H17F6N7/c1-2-30-8-26-12-13(28-15(25-4-3-24)29-14(12)30)27-11-6-9(16(18,19)20)5-10(7-11)17(21,22)23/h5-8H,2-4,24H2,1H3,(H2,25,27,28,29). The van der Waals surface area contributed by atoms with Gasteiger partial charge in [-0.25, -0.2) is 4.98 Å². The molecule has 7 nitrogen and oxygen atoms in total. The van der Waals surface area contributed by atoms with Gasteiger partial charge >= 0.3 is 12.4 Å². The maximum atomic E-state index is 13.1. The fourth-order valence-electron chi connectivity index (χ4n) is 2.69. The second kappa shape index (κ2) is 7.97. The Kier molecular flexibility index (Phi) is 5.74. The summed E-state index contributed by atoms with van der Waals surface area (Å²) in [5.41, 5.74) is 2.68. The number of anilines is 3. The lowest BCUT2D eigenvalue weighted by atomic mass is 10.1. The van der Waals surface area contributed by atoms with Crippen LogP contribution in [0.25, 0.3) is 11.2 Å². The predicted octanol–water partition coefficient (Wildman–Crippen LogP) is 4.00. The molecule has 0 saturated carbocycles. The summed E-state index contributed by atoms with van der Waals surface area (Å²) >= 11 is 0. The maximum absolute atomic E-state index is 13.1. The first-order chi connectivity index (χ1) is 14.0. The summed E-state index contributed by atoms with van der Waals surface area (Å²) in [5, 5.41) is 5.36. The van der Waals surface area contributed by atoms with Crippen molar-refractivity contribution in [3.05, 3.63) is 35.7 Å². The number of imidazole rings is 1. The third-order valence-corrected chi connectivity index (χ3v) is 4.08. The first-order valence-electron chi connectivity index (χ1n) is 8.76. The first kappa shape index (κ1) is 21.6. The normalized spacial score (nSPS) is 12.4. The molecule has 0 bridgehead atoms. The van der Waals surface area contributed by atoms with Crippen LogP contribution in [0.1, 0.15) is 18.1 Å². The van der Waals surface area contributed by atoms with Gasteiger partial charge in [0.2, 0.25) is 5.95 Å². The van der Waals surface area contributed by atoms with Gasteiger partial charge in [-0.1, -0.05) is 0 Å². The minimum atomic E-state index is -4.96. The van der Waals surface area contributed by atoms with Gasteiger partial charge in [-0.15, -0.1) is 0 Å².